The maximum Gasteiger partial charge on any atom is 0.113 e. The lowest BCUT2D eigenvalue weighted by molar-refractivity contribution is 0.108. The number of nitrogens with zero attached hydrogens (tertiary/aromatic N) is 1. The molecule has 0 bridgehead atoms. The Morgan fingerprint density at radius 2 is 1.53 bits per heavy atom. The normalized spacial score (nSPS) is 36.4. The highest BCUT2D eigenvalue weighted by atomic mass is 15.5. The maximum absolute atomic E-state index is 6.07. The average molecular weight is 212 g/mol. The van der Waals surface area contributed by atoms with Gasteiger partial charge in [-0.05, 0) is 12.8 Å². The first kappa shape index (κ1) is 11.3. The van der Waals surface area contributed by atoms with Crippen LogP contribution in [0, 0.1) is 0 Å². The van der Waals surface area contributed by atoms with Crippen LogP contribution in [-0.2, 0) is 0 Å². The molecule has 5 N–H and O–H groups in total. The summed E-state index contributed by atoms with van der Waals surface area (Å²) >= 11 is 0. The minimum absolute atomic E-state index is 0.0237. The van der Waals surface area contributed by atoms with E-state index in [2.05, 4.69) is 10.2 Å². The van der Waals surface area contributed by atoms with E-state index in [1.165, 1.54) is 44.9 Å². The van der Waals surface area contributed by atoms with E-state index in [0.717, 1.165) is 6.54 Å². The van der Waals surface area contributed by atoms with Crippen LogP contribution in [0.5, 0.6) is 0 Å². The molecule has 1 saturated heterocycles. The molecule has 2 aliphatic rings. The molecule has 88 valence electrons. The van der Waals surface area contributed by atoms with Crippen LogP contribution < -0.4 is 16.8 Å². The molecule has 1 heterocycles. The Morgan fingerprint density at radius 1 is 0.933 bits per heavy atom. The third-order valence-corrected chi connectivity index (χ3v) is 3.74. The quantitative estimate of drug-likeness (QED) is 0.593. The SMILES string of the molecule is NC1CNC(N)N1C1CCCCCCC1. The molecule has 2 rings (SSSR count). The Bertz CT molecular complexity index is 179. The van der Waals surface area contributed by atoms with Gasteiger partial charge in [-0.3, -0.25) is 10.2 Å². The molecule has 0 spiro atoms. The third kappa shape index (κ3) is 2.69. The summed E-state index contributed by atoms with van der Waals surface area (Å²) < 4.78 is 0. The monoisotopic (exact) mass is 212 g/mol. The van der Waals surface area contributed by atoms with Gasteiger partial charge in [0.25, 0.3) is 0 Å². The number of nitrogens with one attached hydrogen (secondary N) is 1. The molecule has 0 aromatic carbocycles. The van der Waals surface area contributed by atoms with Gasteiger partial charge >= 0.3 is 0 Å². The Balaban J connectivity index is 1.94. The maximum atomic E-state index is 6.07. The summed E-state index contributed by atoms with van der Waals surface area (Å²) in [7, 11) is 0. The van der Waals surface area contributed by atoms with Gasteiger partial charge in [-0.1, -0.05) is 32.1 Å². The Kier molecular flexibility index (Phi) is 3.97. The Morgan fingerprint density at radius 3 is 2.07 bits per heavy atom. The molecular formula is C11H24N4. The van der Waals surface area contributed by atoms with Crippen LogP contribution in [0.25, 0.3) is 0 Å². The van der Waals surface area contributed by atoms with Gasteiger partial charge in [0.15, 0.2) is 0 Å². The van der Waals surface area contributed by atoms with Crippen LogP contribution in [0.2, 0.25) is 0 Å². The van der Waals surface area contributed by atoms with Gasteiger partial charge in [-0.25, -0.2) is 0 Å². The van der Waals surface area contributed by atoms with E-state index < -0.39 is 0 Å². The van der Waals surface area contributed by atoms with Gasteiger partial charge < -0.3 is 11.5 Å². The van der Waals surface area contributed by atoms with Gasteiger partial charge in [-0.15, -0.1) is 0 Å². The first-order valence-electron chi connectivity index (χ1n) is 6.31. The first-order valence-corrected chi connectivity index (χ1v) is 6.31. The molecule has 2 unspecified atom stereocenters. The van der Waals surface area contributed by atoms with Crippen molar-refractivity contribution in [2.45, 2.75) is 63.4 Å². The van der Waals surface area contributed by atoms with Crippen LogP contribution >= 0.6 is 0 Å². The molecule has 4 nitrogen and oxygen atoms in total. The van der Waals surface area contributed by atoms with Crippen molar-refractivity contribution >= 4 is 0 Å². The second kappa shape index (κ2) is 5.25. The standard InChI is InChI=1S/C11H24N4/c12-10-8-14-11(13)15(10)9-6-4-2-1-3-5-7-9/h9-11,14H,1-8,12-13H2. The second-order valence-corrected chi connectivity index (χ2v) is 4.87. The molecule has 2 atom stereocenters. The Hall–Kier alpha value is -0.160. The van der Waals surface area contributed by atoms with Gasteiger partial charge in [0.1, 0.15) is 6.29 Å². The zero-order chi connectivity index (χ0) is 10.7. The zero-order valence-corrected chi connectivity index (χ0v) is 9.49. The largest absolute Gasteiger partial charge is 0.315 e. The molecule has 0 aromatic heterocycles. The molecule has 1 saturated carbocycles. The minimum atomic E-state index is -0.0237. The predicted octanol–water partition coefficient (Wildman–Crippen LogP) is 0.532. The van der Waals surface area contributed by atoms with Gasteiger partial charge in [0.2, 0.25) is 0 Å². The topological polar surface area (TPSA) is 67.3 Å². The van der Waals surface area contributed by atoms with Crippen molar-refractivity contribution in [3.63, 3.8) is 0 Å². The molecule has 0 amide bonds. The molecule has 0 radical (unpaired) electrons. The van der Waals surface area contributed by atoms with E-state index in [4.69, 9.17) is 11.5 Å². The van der Waals surface area contributed by atoms with Gasteiger partial charge in [-0.2, -0.15) is 0 Å². The van der Waals surface area contributed by atoms with Crippen molar-refractivity contribution in [3.05, 3.63) is 0 Å². The second-order valence-electron chi connectivity index (χ2n) is 4.87. The lowest BCUT2D eigenvalue weighted by Crippen LogP contribution is -2.53. The predicted molar refractivity (Wildman–Crippen MR) is 61.9 cm³/mol. The summed E-state index contributed by atoms with van der Waals surface area (Å²) in [6.07, 6.45) is 9.45. The fraction of sp³-hybridized carbons (Fsp3) is 1.00. The van der Waals surface area contributed by atoms with Crippen molar-refractivity contribution < 1.29 is 0 Å². The molecule has 1 aliphatic heterocycles. The fourth-order valence-electron chi connectivity index (χ4n) is 2.89. The summed E-state index contributed by atoms with van der Waals surface area (Å²) in [4.78, 5) is 2.28. The van der Waals surface area contributed by atoms with E-state index in [1.807, 2.05) is 0 Å². The highest BCUT2D eigenvalue weighted by molar-refractivity contribution is 4.86. The summed E-state index contributed by atoms with van der Waals surface area (Å²) in [6.45, 7) is 0.831. The minimum Gasteiger partial charge on any atom is -0.315 e. The lowest BCUT2D eigenvalue weighted by Gasteiger charge is -2.34. The summed E-state index contributed by atoms with van der Waals surface area (Å²) in [5, 5.41) is 3.23. The molecule has 2 fully saturated rings. The first-order chi connectivity index (χ1) is 7.29. The number of nitrogens with two attached hydrogens (primary N) is 2. The van der Waals surface area contributed by atoms with Crippen LogP contribution in [-0.4, -0.2) is 29.9 Å². The number of rotatable bonds is 1. The van der Waals surface area contributed by atoms with Crippen molar-refractivity contribution in [1.82, 2.24) is 10.2 Å². The van der Waals surface area contributed by atoms with E-state index in [9.17, 15) is 0 Å². The third-order valence-electron chi connectivity index (χ3n) is 3.74. The van der Waals surface area contributed by atoms with E-state index in [1.54, 1.807) is 0 Å². The Labute approximate surface area is 92.4 Å². The van der Waals surface area contributed by atoms with Crippen molar-refractivity contribution in [1.29, 1.82) is 0 Å². The molecule has 1 aliphatic carbocycles. The lowest BCUT2D eigenvalue weighted by atomic mass is 9.95. The van der Waals surface area contributed by atoms with Crippen molar-refractivity contribution in [2.24, 2.45) is 11.5 Å². The van der Waals surface area contributed by atoms with Crippen LogP contribution in [0.4, 0.5) is 0 Å². The number of hydrogen-bond donors (Lipinski definition) is 3. The van der Waals surface area contributed by atoms with Crippen LogP contribution in [0.15, 0.2) is 0 Å². The fourth-order valence-corrected chi connectivity index (χ4v) is 2.89. The smallest absolute Gasteiger partial charge is 0.113 e. The molecular weight excluding hydrogens is 188 g/mol. The average Bonchev–Trinajstić information content (AvgIpc) is 2.48. The summed E-state index contributed by atoms with van der Waals surface area (Å²) in [6, 6.07) is 0.602. The summed E-state index contributed by atoms with van der Waals surface area (Å²) in [5.41, 5.74) is 12.1. The summed E-state index contributed by atoms with van der Waals surface area (Å²) in [5.74, 6) is 0. The van der Waals surface area contributed by atoms with Gasteiger partial charge in [0, 0.05) is 12.6 Å². The van der Waals surface area contributed by atoms with E-state index >= 15 is 0 Å². The highest BCUT2D eigenvalue weighted by Gasteiger charge is 2.33. The molecule has 15 heavy (non-hydrogen) atoms. The number of hydrogen-bond acceptors (Lipinski definition) is 4. The van der Waals surface area contributed by atoms with E-state index in [0.29, 0.717) is 6.04 Å². The van der Waals surface area contributed by atoms with Crippen molar-refractivity contribution in [3.8, 4) is 0 Å². The van der Waals surface area contributed by atoms with Crippen LogP contribution in [0.1, 0.15) is 44.9 Å². The molecule has 4 heteroatoms. The van der Waals surface area contributed by atoms with Crippen LogP contribution in [0.3, 0.4) is 0 Å². The van der Waals surface area contributed by atoms with E-state index in [-0.39, 0.29) is 12.5 Å². The van der Waals surface area contributed by atoms with Crippen molar-refractivity contribution in [2.75, 3.05) is 6.54 Å². The zero-order valence-electron chi connectivity index (χ0n) is 9.49. The highest BCUT2D eigenvalue weighted by Crippen LogP contribution is 2.23. The van der Waals surface area contributed by atoms with Gasteiger partial charge in [0.05, 0.1) is 6.17 Å². The molecule has 0 aromatic rings.